The molecule has 3 rings (SSSR count). The van der Waals surface area contributed by atoms with E-state index in [1.165, 1.54) is 12.3 Å². The molecular formula is C18H16N4O4. The highest BCUT2D eigenvalue weighted by Gasteiger charge is 2.15. The Hall–Kier alpha value is -3.68. The molecule has 2 aromatic heterocycles. The number of hydrogen-bond donors (Lipinski definition) is 2. The molecule has 26 heavy (non-hydrogen) atoms. The van der Waals surface area contributed by atoms with Gasteiger partial charge in [0.05, 0.1) is 6.20 Å². The van der Waals surface area contributed by atoms with Crippen LogP contribution in [0.1, 0.15) is 32.3 Å². The molecule has 0 bridgehead atoms. The van der Waals surface area contributed by atoms with Gasteiger partial charge in [-0.2, -0.15) is 0 Å². The molecule has 1 aromatic carbocycles. The predicted octanol–water partition coefficient (Wildman–Crippen LogP) is 2.55. The van der Waals surface area contributed by atoms with Crippen molar-refractivity contribution in [3.8, 4) is 11.5 Å². The first-order valence-corrected chi connectivity index (χ1v) is 7.75. The van der Waals surface area contributed by atoms with Gasteiger partial charge in [0.1, 0.15) is 23.0 Å². The minimum atomic E-state index is -0.580. The summed E-state index contributed by atoms with van der Waals surface area (Å²) in [5, 5.41) is 0. The van der Waals surface area contributed by atoms with Crippen LogP contribution in [0.3, 0.4) is 0 Å². The Morgan fingerprint density at radius 1 is 1.00 bits per heavy atom. The average Bonchev–Trinajstić information content (AvgIpc) is 3.08. The van der Waals surface area contributed by atoms with Crippen molar-refractivity contribution in [2.75, 3.05) is 0 Å². The van der Waals surface area contributed by atoms with E-state index in [1.807, 2.05) is 31.2 Å². The molecular weight excluding hydrogens is 336 g/mol. The summed E-state index contributed by atoms with van der Waals surface area (Å²) in [7, 11) is 0. The summed E-state index contributed by atoms with van der Waals surface area (Å²) in [4.78, 5) is 31.7. The maximum atomic E-state index is 12.1. The quantitative estimate of drug-likeness (QED) is 0.699. The van der Waals surface area contributed by atoms with E-state index in [9.17, 15) is 9.59 Å². The lowest BCUT2D eigenvalue weighted by Crippen LogP contribution is -2.42. The number of hydrogen-bond acceptors (Lipinski definition) is 6. The van der Waals surface area contributed by atoms with E-state index in [1.54, 1.807) is 13.0 Å². The molecule has 3 aromatic rings. The molecule has 0 saturated heterocycles. The number of ether oxygens (including phenoxy) is 1. The second-order valence-electron chi connectivity index (χ2n) is 5.41. The van der Waals surface area contributed by atoms with Crippen molar-refractivity contribution in [2.45, 2.75) is 13.8 Å². The molecule has 2 N–H and O–H groups in total. The van der Waals surface area contributed by atoms with Crippen LogP contribution in [-0.4, -0.2) is 21.8 Å². The SMILES string of the molecule is Cc1ccccc1Oc1ccc(C(=O)NNC(=O)c2ncoc2C)nc1. The van der Waals surface area contributed by atoms with E-state index < -0.39 is 11.8 Å². The van der Waals surface area contributed by atoms with Gasteiger partial charge in [0.2, 0.25) is 0 Å². The van der Waals surface area contributed by atoms with Crippen molar-refractivity contribution in [1.82, 2.24) is 20.8 Å². The minimum Gasteiger partial charge on any atom is -0.455 e. The normalized spacial score (nSPS) is 10.2. The van der Waals surface area contributed by atoms with E-state index in [-0.39, 0.29) is 11.4 Å². The second-order valence-corrected chi connectivity index (χ2v) is 5.41. The maximum absolute atomic E-state index is 12.1. The number of amides is 2. The summed E-state index contributed by atoms with van der Waals surface area (Å²) in [6.45, 7) is 3.53. The first-order valence-electron chi connectivity index (χ1n) is 7.75. The van der Waals surface area contributed by atoms with E-state index in [0.29, 0.717) is 17.3 Å². The first-order chi connectivity index (χ1) is 12.5. The molecule has 8 nitrogen and oxygen atoms in total. The molecule has 0 fully saturated rings. The lowest BCUT2D eigenvalue weighted by molar-refractivity contribution is 0.0840. The van der Waals surface area contributed by atoms with E-state index in [2.05, 4.69) is 20.8 Å². The fourth-order valence-electron chi connectivity index (χ4n) is 2.13. The number of para-hydroxylation sites is 1. The fourth-order valence-corrected chi connectivity index (χ4v) is 2.13. The Bertz CT molecular complexity index is 934. The predicted molar refractivity (Wildman–Crippen MR) is 91.7 cm³/mol. The Balaban J connectivity index is 1.59. The average molecular weight is 352 g/mol. The Labute approximate surface area is 149 Å². The number of carbonyl (C=O) groups is 2. The van der Waals surface area contributed by atoms with E-state index in [4.69, 9.17) is 9.15 Å². The molecule has 0 spiro atoms. The van der Waals surface area contributed by atoms with E-state index >= 15 is 0 Å². The van der Waals surface area contributed by atoms with Crippen LogP contribution in [0.2, 0.25) is 0 Å². The molecule has 132 valence electrons. The van der Waals surface area contributed by atoms with Crippen molar-refractivity contribution in [1.29, 1.82) is 0 Å². The van der Waals surface area contributed by atoms with Gasteiger partial charge in [0.25, 0.3) is 11.8 Å². The van der Waals surface area contributed by atoms with Crippen LogP contribution in [-0.2, 0) is 0 Å². The number of nitrogens with one attached hydrogen (secondary N) is 2. The molecule has 2 heterocycles. The summed E-state index contributed by atoms with van der Waals surface area (Å²) < 4.78 is 10.7. The number of benzene rings is 1. The number of rotatable bonds is 4. The highest BCUT2D eigenvalue weighted by Crippen LogP contribution is 2.23. The zero-order chi connectivity index (χ0) is 18.5. The van der Waals surface area contributed by atoms with Crippen LogP contribution in [0.4, 0.5) is 0 Å². The van der Waals surface area contributed by atoms with Crippen LogP contribution in [0.5, 0.6) is 11.5 Å². The van der Waals surface area contributed by atoms with E-state index in [0.717, 1.165) is 12.0 Å². The number of nitrogens with zero attached hydrogens (tertiary/aromatic N) is 2. The molecule has 0 aliphatic rings. The number of oxazole rings is 1. The van der Waals surface area contributed by atoms with Crippen LogP contribution in [0, 0.1) is 13.8 Å². The molecule has 0 radical (unpaired) electrons. The third-order valence-electron chi connectivity index (χ3n) is 3.54. The third kappa shape index (κ3) is 3.86. The summed E-state index contributed by atoms with van der Waals surface area (Å²) >= 11 is 0. The number of aryl methyl sites for hydroxylation is 2. The van der Waals surface area contributed by atoms with Gasteiger partial charge >= 0.3 is 0 Å². The summed E-state index contributed by atoms with van der Waals surface area (Å²) in [6, 6.07) is 10.7. The van der Waals surface area contributed by atoms with Gasteiger partial charge in [-0.1, -0.05) is 18.2 Å². The summed E-state index contributed by atoms with van der Waals surface area (Å²) in [5.41, 5.74) is 5.73. The lowest BCUT2D eigenvalue weighted by atomic mass is 10.2. The first kappa shape index (κ1) is 17.2. The van der Waals surface area contributed by atoms with Crippen LogP contribution in [0.25, 0.3) is 0 Å². The van der Waals surface area contributed by atoms with Crippen molar-refractivity contribution < 1.29 is 18.7 Å². The molecule has 0 aliphatic carbocycles. The van der Waals surface area contributed by atoms with Gasteiger partial charge in [-0.3, -0.25) is 20.4 Å². The highest BCUT2D eigenvalue weighted by atomic mass is 16.5. The third-order valence-corrected chi connectivity index (χ3v) is 3.54. The molecule has 8 heteroatoms. The topological polar surface area (TPSA) is 106 Å². The fraction of sp³-hybridized carbons (Fsp3) is 0.111. The van der Waals surface area contributed by atoms with Gasteiger partial charge in [0, 0.05) is 0 Å². The highest BCUT2D eigenvalue weighted by molar-refractivity contribution is 5.97. The Morgan fingerprint density at radius 2 is 1.77 bits per heavy atom. The molecule has 0 unspecified atom stereocenters. The zero-order valence-electron chi connectivity index (χ0n) is 14.1. The van der Waals surface area contributed by atoms with Crippen molar-refractivity contribution in [3.05, 3.63) is 71.7 Å². The van der Waals surface area contributed by atoms with Crippen molar-refractivity contribution in [2.24, 2.45) is 0 Å². The Morgan fingerprint density at radius 3 is 2.42 bits per heavy atom. The lowest BCUT2D eigenvalue weighted by Gasteiger charge is -2.09. The zero-order valence-corrected chi connectivity index (χ0v) is 14.1. The van der Waals surface area contributed by atoms with Crippen molar-refractivity contribution >= 4 is 11.8 Å². The van der Waals surface area contributed by atoms with Gasteiger partial charge in [-0.15, -0.1) is 0 Å². The summed E-state index contributed by atoms with van der Waals surface area (Å²) in [5.74, 6) is 0.415. The van der Waals surface area contributed by atoms with Crippen LogP contribution in [0.15, 0.2) is 53.4 Å². The number of pyridine rings is 1. The molecule has 2 amide bonds. The van der Waals surface area contributed by atoms with Gasteiger partial charge in [-0.05, 0) is 37.6 Å². The number of aromatic nitrogens is 2. The number of hydrazine groups is 1. The van der Waals surface area contributed by atoms with Crippen LogP contribution >= 0.6 is 0 Å². The largest absolute Gasteiger partial charge is 0.455 e. The monoisotopic (exact) mass is 352 g/mol. The van der Waals surface area contributed by atoms with Gasteiger partial charge in [-0.25, -0.2) is 9.97 Å². The van der Waals surface area contributed by atoms with Crippen molar-refractivity contribution in [3.63, 3.8) is 0 Å². The number of carbonyl (C=O) groups excluding carboxylic acids is 2. The van der Waals surface area contributed by atoms with Gasteiger partial charge < -0.3 is 9.15 Å². The summed E-state index contributed by atoms with van der Waals surface area (Å²) in [6.07, 6.45) is 2.59. The second kappa shape index (κ2) is 7.47. The maximum Gasteiger partial charge on any atom is 0.291 e. The molecule has 0 aliphatic heterocycles. The standard InChI is InChI=1S/C18H16N4O4/c1-11-5-3-4-6-15(11)26-13-7-8-14(19-9-13)17(23)21-22-18(24)16-12(2)25-10-20-16/h3-10H,1-2H3,(H,21,23)(H,22,24). The minimum absolute atomic E-state index is 0.0974. The smallest absolute Gasteiger partial charge is 0.291 e. The van der Waals surface area contributed by atoms with Crippen LogP contribution < -0.4 is 15.6 Å². The Kier molecular flexibility index (Phi) is 4.93. The molecule has 0 atom stereocenters. The van der Waals surface area contributed by atoms with Gasteiger partial charge in [0.15, 0.2) is 12.1 Å². The molecule has 0 saturated carbocycles.